The summed E-state index contributed by atoms with van der Waals surface area (Å²) in [5.41, 5.74) is 9.30. The first kappa shape index (κ1) is 38.8. The second-order valence-electron chi connectivity index (χ2n) is 15.7. The molecule has 0 bridgehead atoms. The van der Waals surface area contributed by atoms with Crippen LogP contribution in [-0.2, 0) is 24.0 Å². The number of anilines is 1. The van der Waals surface area contributed by atoms with Gasteiger partial charge in [0.15, 0.2) is 5.65 Å². The van der Waals surface area contributed by atoms with Crippen LogP contribution in [-0.4, -0.2) is 29.8 Å². The third-order valence-corrected chi connectivity index (χ3v) is 11.8. The van der Waals surface area contributed by atoms with Gasteiger partial charge in [0.05, 0.1) is 24.4 Å². The number of aromatic nitrogens is 6. The van der Waals surface area contributed by atoms with E-state index >= 15 is 0 Å². The van der Waals surface area contributed by atoms with E-state index in [1.165, 1.54) is 0 Å². The van der Waals surface area contributed by atoms with Gasteiger partial charge in [-0.3, -0.25) is 4.68 Å². The van der Waals surface area contributed by atoms with Gasteiger partial charge in [0.1, 0.15) is 22.4 Å². The van der Waals surface area contributed by atoms with Crippen LogP contribution in [0.1, 0.15) is 55.6 Å². The molecule has 0 spiro atoms. The second kappa shape index (κ2) is 16.9. The van der Waals surface area contributed by atoms with Crippen LogP contribution in [0.25, 0.3) is 11.2 Å². The van der Waals surface area contributed by atoms with Crippen LogP contribution < -0.4 is 5.32 Å². The minimum absolute atomic E-state index is 0.509. The van der Waals surface area contributed by atoms with Crippen LogP contribution in [0, 0.1) is 11.3 Å². The average Bonchev–Trinajstić information content (AvgIpc) is 4.00. The number of nitrogens with zero attached hydrogens (tertiary/aromatic N) is 7. The summed E-state index contributed by atoms with van der Waals surface area (Å²) in [7, 11) is 0. The zero-order valence-electron chi connectivity index (χ0n) is 34.4. The van der Waals surface area contributed by atoms with Crippen LogP contribution in [0.5, 0.6) is 0 Å². The first-order valence-corrected chi connectivity index (χ1v) is 21.0. The van der Waals surface area contributed by atoms with Crippen LogP contribution in [0.15, 0.2) is 225 Å². The van der Waals surface area contributed by atoms with Crippen molar-refractivity contribution < 1.29 is 0 Å². The lowest BCUT2D eigenvalue weighted by Crippen LogP contribution is -2.39. The quantitative estimate of drug-likeness (QED) is 0.116. The molecule has 10 aromatic rings. The van der Waals surface area contributed by atoms with Crippen molar-refractivity contribution in [1.82, 2.24) is 29.8 Å². The molecule has 0 fully saturated rings. The molecule has 0 atom stereocenters. The zero-order valence-corrected chi connectivity index (χ0v) is 34.4. The Kier molecular flexibility index (Phi) is 10.4. The van der Waals surface area contributed by atoms with Crippen LogP contribution in [0.3, 0.4) is 0 Å². The van der Waals surface area contributed by atoms with Crippen molar-refractivity contribution in [2.24, 2.45) is 0 Å². The Morgan fingerprint density at radius 3 is 1.52 bits per heavy atom. The molecule has 0 saturated heterocycles. The Bertz CT molecular complexity index is 2950. The molecule has 3 heterocycles. The molecule has 0 aliphatic rings. The summed E-state index contributed by atoms with van der Waals surface area (Å²) in [6.07, 6.45) is 4.48. The SMILES string of the molecule is N#Cc1cccc(Cn2cc(Cc3cc(NC(c4ccccc4)(c4ccccc4)c4ccccc4)nc4c3nnn4C(c3ccccc3)(c3ccccc3)c3ccccc3)cn2)c1. The fourth-order valence-electron chi connectivity index (χ4n) is 9.00. The van der Waals surface area contributed by atoms with Gasteiger partial charge in [-0.2, -0.15) is 10.4 Å². The molecule has 10 rings (SSSR count). The lowest BCUT2D eigenvalue weighted by atomic mass is 9.77. The summed E-state index contributed by atoms with van der Waals surface area (Å²) in [6, 6.07) is 75.2. The molecule has 63 heavy (non-hydrogen) atoms. The van der Waals surface area contributed by atoms with Gasteiger partial charge < -0.3 is 5.32 Å². The minimum Gasteiger partial charge on any atom is -0.353 e. The topological polar surface area (TPSA) is 97.2 Å². The van der Waals surface area contributed by atoms with Crippen molar-refractivity contribution in [3.8, 4) is 6.07 Å². The Labute approximate surface area is 366 Å². The third-order valence-electron chi connectivity index (χ3n) is 11.8. The smallest absolute Gasteiger partial charge is 0.182 e. The Morgan fingerprint density at radius 1 is 0.540 bits per heavy atom. The first-order valence-electron chi connectivity index (χ1n) is 21.0. The molecular weight excluding hydrogens is 773 g/mol. The van der Waals surface area contributed by atoms with E-state index in [2.05, 4.69) is 169 Å². The van der Waals surface area contributed by atoms with E-state index < -0.39 is 11.1 Å². The summed E-state index contributed by atoms with van der Waals surface area (Å²) in [5.74, 6) is 0.654. The van der Waals surface area contributed by atoms with E-state index in [1.807, 2.05) is 76.2 Å². The van der Waals surface area contributed by atoms with E-state index in [9.17, 15) is 5.26 Å². The fraction of sp³-hybridized carbons (Fsp3) is 0.0727. The predicted octanol–water partition coefficient (Wildman–Crippen LogP) is 10.8. The second-order valence-corrected chi connectivity index (χ2v) is 15.7. The number of fused-ring (bicyclic) bond motifs is 1. The van der Waals surface area contributed by atoms with Crippen molar-refractivity contribution in [1.29, 1.82) is 5.26 Å². The molecular formula is C55H42N8. The third kappa shape index (κ3) is 7.22. The highest BCUT2D eigenvalue weighted by Crippen LogP contribution is 2.44. The van der Waals surface area contributed by atoms with E-state index in [0.717, 1.165) is 50.1 Å². The maximum atomic E-state index is 9.52. The predicted molar refractivity (Wildman–Crippen MR) is 248 cm³/mol. The summed E-state index contributed by atoms with van der Waals surface area (Å²) >= 11 is 0. The molecule has 0 radical (unpaired) electrons. The minimum atomic E-state index is -0.959. The van der Waals surface area contributed by atoms with Gasteiger partial charge in [-0.1, -0.05) is 199 Å². The summed E-state index contributed by atoms with van der Waals surface area (Å²) in [5, 5.41) is 28.5. The van der Waals surface area contributed by atoms with Gasteiger partial charge in [-0.05, 0) is 68.3 Å². The standard InChI is InChI=1S/C55H42N8/c56-37-41-20-19-21-42(34-41)39-62-40-43(38-57-62)35-44-36-51(59-54(45-22-7-1-8-23-45,46-24-9-2-10-25-46)47-26-11-3-12-27-47)58-53-52(44)60-61-63(53)55(48-28-13-4-14-29-48,49-30-15-5-16-31-49)50-32-17-6-18-33-50/h1-34,36,38,40H,35,39H2,(H,58,59). The zero-order chi connectivity index (χ0) is 42.5. The highest BCUT2D eigenvalue weighted by molar-refractivity contribution is 5.79. The van der Waals surface area contributed by atoms with E-state index in [1.54, 1.807) is 0 Å². The van der Waals surface area contributed by atoms with Crippen molar-refractivity contribution >= 4 is 17.0 Å². The number of hydrogen-bond acceptors (Lipinski definition) is 6. The molecule has 1 N–H and O–H groups in total. The monoisotopic (exact) mass is 814 g/mol. The lowest BCUT2D eigenvalue weighted by molar-refractivity contribution is 0.457. The molecule has 0 amide bonds. The molecule has 3 aromatic heterocycles. The van der Waals surface area contributed by atoms with Crippen LogP contribution in [0.4, 0.5) is 5.82 Å². The number of hydrogen-bond donors (Lipinski definition) is 1. The van der Waals surface area contributed by atoms with Gasteiger partial charge in [0, 0.05) is 12.6 Å². The molecule has 7 aromatic carbocycles. The number of nitrogens with one attached hydrogen (secondary N) is 1. The first-order chi connectivity index (χ1) is 31.1. The largest absolute Gasteiger partial charge is 0.353 e. The fourth-order valence-corrected chi connectivity index (χ4v) is 9.00. The van der Waals surface area contributed by atoms with Gasteiger partial charge >= 0.3 is 0 Å². The van der Waals surface area contributed by atoms with Crippen molar-refractivity contribution in [2.45, 2.75) is 24.0 Å². The maximum absolute atomic E-state index is 9.52. The summed E-state index contributed by atoms with van der Waals surface area (Å²) in [6.45, 7) is 0.533. The Balaban J connectivity index is 1.22. The maximum Gasteiger partial charge on any atom is 0.182 e. The number of nitriles is 1. The Morgan fingerprint density at radius 2 is 1.03 bits per heavy atom. The molecule has 8 heteroatoms. The molecule has 8 nitrogen and oxygen atoms in total. The number of benzene rings is 7. The van der Waals surface area contributed by atoms with E-state index in [0.29, 0.717) is 35.5 Å². The highest BCUT2D eigenvalue weighted by atomic mass is 15.5. The average molecular weight is 815 g/mol. The number of rotatable bonds is 13. The van der Waals surface area contributed by atoms with Crippen molar-refractivity contribution in [2.75, 3.05) is 5.32 Å². The van der Waals surface area contributed by atoms with Crippen LogP contribution in [0.2, 0.25) is 0 Å². The van der Waals surface area contributed by atoms with Crippen molar-refractivity contribution in [3.63, 3.8) is 0 Å². The van der Waals surface area contributed by atoms with Gasteiger partial charge in [-0.15, -0.1) is 5.10 Å². The molecule has 0 aliphatic carbocycles. The van der Waals surface area contributed by atoms with Gasteiger partial charge in [-0.25, -0.2) is 9.67 Å². The molecule has 0 aliphatic heterocycles. The molecule has 0 saturated carbocycles. The van der Waals surface area contributed by atoms with Gasteiger partial charge in [0.2, 0.25) is 0 Å². The lowest BCUT2D eigenvalue weighted by Gasteiger charge is -2.38. The summed E-state index contributed by atoms with van der Waals surface area (Å²) < 4.78 is 3.93. The Hall–Kier alpha value is -8.41. The normalized spacial score (nSPS) is 11.6. The molecule has 302 valence electrons. The summed E-state index contributed by atoms with van der Waals surface area (Å²) in [4.78, 5) is 5.60. The van der Waals surface area contributed by atoms with Crippen LogP contribution >= 0.6 is 0 Å². The highest BCUT2D eigenvalue weighted by Gasteiger charge is 2.42. The van der Waals surface area contributed by atoms with E-state index in [-0.39, 0.29) is 0 Å². The molecule has 0 unspecified atom stereocenters. The number of pyridine rings is 1. The van der Waals surface area contributed by atoms with Gasteiger partial charge in [0.25, 0.3) is 0 Å². The van der Waals surface area contributed by atoms with E-state index in [4.69, 9.17) is 20.4 Å². The van der Waals surface area contributed by atoms with Crippen molar-refractivity contribution in [3.05, 3.63) is 280 Å².